The second kappa shape index (κ2) is 9.30. The number of hydrogen-bond donors (Lipinski definition) is 3. The fourth-order valence-corrected chi connectivity index (χ4v) is 4.96. The van der Waals surface area contributed by atoms with E-state index in [-0.39, 0.29) is 23.9 Å². The van der Waals surface area contributed by atoms with Crippen LogP contribution in [-0.2, 0) is 0 Å². The van der Waals surface area contributed by atoms with Crippen molar-refractivity contribution in [2.75, 3.05) is 18.4 Å². The topological polar surface area (TPSA) is 108 Å². The highest BCUT2D eigenvalue weighted by Gasteiger charge is 2.25. The van der Waals surface area contributed by atoms with Crippen molar-refractivity contribution in [3.63, 3.8) is 0 Å². The molecule has 10 heteroatoms. The number of aromatic hydroxyl groups is 1. The summed E-state index contributed by atoms with van der Waals surface area (Å²) >= 11 is 1.54. The van der Waals surface area contributed by atoms with Crippen LogP contribution in [0.4, 0.5) is 10.7 Å². The van der Waals surface area contributed by atoms with Gasteiger partial charge in [0.2, 0.25) is 5.95 Å². The molecule has 1 saturated heterocycles. The number of likely N-dealkylation sites (tertiary alicyclic amines) is 1. The van der Waals surface area contributed by atoms with Crippen LogP contribution in [0.5, 0.6) is 5.75 Å². The van der Waals surface area contributed by atoms with Crippen LogP contribution < -0.4 is 10.6 Å². The maximum absolute atomic E-state index is 12.4. The molecule has 0 saturated carbocycles. The van der Waals surface area contributed by atoms with E-state index in [1.54, 1.807) is 35.7 Å². The molecule has 2 amide bonds. The molecule has 1 fully saturated rings. The fraction of sp³-hybridized carbons (Fsp3) is 0.333. The van der Waals surface area contributed by atoms with Crippen molar-refractivity contribution >= 4 is 28.3 Å². The maximum Gasteiger partial charge on any atom is 0.317 e. The molecular weight excluding hydrogens is 450 g/mol. The van der Waals surface area contributed by atoms with E-state index in [1.165, 1.54) is 0 Å². The first-order valence-corrected chi connectivity index (χ1v) is 12.3. The summed E-state index contributed by atoms with van der Waals surface area (Å²) in [7, 11) is 0. The van der Waals surface area contributed by atoms with Crippen LogP contribution in [0, 0.1) is 0 Å². The standard InChI is InChI=1S/C24H27N7O2S/c1-15(2)26-23(33)30-10-4-6-17(14-30)27-22-25-9-8-19(28-22)21-20(16-5-3-7-18(32)13-16)29-24-31(21)11-12-34-24/h3,5,7-9,11-13,15,17,32H,4,6,10,14H2,1-2H3,(H,26,33)(H,25,27,28)/t17-/m1/s1. The van der Waals surface area contributed by atoms with Gasteiger partial charge in [0.15, 0.2) is 4.96 Å². The molecule has 1 atom stereocenters. The Morgan fingerprint density at radius 1 is 1.26 bits per heavy atom. The van der Waals surface area contributed by atoms with Gasteiger partial charge in [-0.15, -0.1) is 11.3 Å². The molecule has 3 aromatic heterocycles. The van der Waals surface area contributed by atoms with Crippen LogP contribution in [0.3, 0.4) is 0 Å². The minimum absolute atomic E-state index is 0.0361. The fourth-order valence-electron chi connectivity index (χ4n) is 4.25. The Bertz CT molecular complexity index is 1320. The number of anilines is 1. The molecule has 0 spiro atoms. The summed E-state index contributed by atoms with van der Waals surface area (Å²) in [6, 6.07) is 9.07. The summed E-state index contributed by atoms with van der Waals surface area (Å²) < 4.78 is 2.01. The third kappa shape index (κ3) is 4.54. The van der Waals surface area contributed by atoms with Gasteiger partial charge >= 0.3 is 6.03 Å². The SMILES string of the molecule is CC(C)NC(=O)N1CCC[C@@H](Nc2nccc(-c3c(-c4cccc(O)c4)nc4sccn34)n2)C1. The molecule has 34 heavy (non-hydrogen) atoms. The number of urea groups is 1. The summed E-state index contributed by atoms with van der Waals surface area (Å²) in [4.78, 5) is 29.2. The van der Waals surface area contributed by atoms with Gasteiger partial charge in [-0.25, -0.2) is 19.7 Å². The van der Waals surface area contributed by atoms with Crippen molar-refractivity contribution < 1.29 is 9.90 Å². The summed E-state index contributed by atoms with van der Waals surface area (Å²) in [5, 5.41) is 18.4. The lowest BCUT2D eigenvalue weighted by Gasteiger charge is -2.33. The van der Waals surface area contributed by atoms with Crippen LogP contribution in [0.1, 0.15) is 26.7 Å². The zero-order valence-electron chi connectivity index (χ0n) is 19.1. The van der Waals surface area contributed by atoms with Gasteiger partial charge < -0.3 is 20.6 Å². The van der Waals surface area contributed by atoms with E-state index in [1.807, 2.05) is 46.9 Å². The number of carbonyl (C=O) groups is 1. The van der Waals surface area contributed by atoms with Gasteiger partial charge in [-0.1, -0.05) is 12.1 Å². The number of fused-ring (bicyclic) bond motifs is 1. The molecule has 1 aromatic carbocycles. The third-order valence-corrected chi connectivity index (χ3v) is 6.49. The van der Waals surface area contributed by atoms with Gasteiger partial charge in [0.1, 0.15) is 11.4 Å². The molecule has 1 aliphatic heterocycles. The van der Waals surface area contributed by atoms with Crippen molar-refractivity contribution in [2.45, 2.75) is 38.8 Å². The Hall–Kier alpha value is -3.66. The first-order chi connectivity index (χ1) is 16.5. The van der Waals surface area contributed by atoms with Crippen molar-refractivity contribution in [1.82, 2.24) is 29.6 Å². The van der Waals surface area contributed by atoms with E-state index in [0.717, 1.165) is 47.0 Å². The van der Waals surface area contributed by atoms with E-state index in [4.69, 9.17) is 9.97 Å². The second-order valence-corrected chi connectivity index (χ2v) is 9.59. The highest BCUT2D eigenvalue weighted by atomic mass is 32.1. The number of phenolic OH excluding ortho intramolecular Hbond substituents is 1. The Morgan fingerprint density at radius 3 is 2.97 bits per heavy atom. The van der Waals surface area contributed by atoms with Crippen LogP contribution in [-0.4, -0.2) is 60.6 Å². The number of nitrogens with one attached hydrogen (secondary N) is 2. The first-order valence-electron chi connectivity index (χ1n) is 11.4. The van der Waals surface area contributed by atoms with E-state index in [9.17, 15) is 9.90 Å². The van der Waals surface area contributed by atoms with Gasteiger partial charge in [-0.05, 0) is 44.9 Å². The molecule has 9 nitrogen and oxygen atoms in total. The zero-order valence-corrected chi connectivity index (χ0v) is 19.9. The summed E-state index contributed by atoms with van der Waals surface area (Å²) in [6.45, 7) is 5.27. The molecule has 0 bridgehead atoms. The quantitative estimate of drug-likeness (QED) is 0.397. The normalized spacial score (nSPS) is 16.2. The van der Waals surface area contributed by atoms with Crippen LogP contribution in [0.15, 0.2) is 48.1 Å². The summed E-state index contributed by atoms with van der Waals surface area (Å²) in [5.74, 6) is 0.703. The Kier molecular flexibility index (Phi) is 6.06. The van der Waals surface area contributed by atoms with E-state index < -0.39 is 0 Å². The van der Waals surface area contributed by atoms with Gasteiger partial charge in [0, 0.05) is 48.5 Å². The molecule has 3 N–H and O–H groups in total. The smallest absolute Gasteiger partial charge is 0.317 e. The molecular formula is C24H27N7O2S. The van der Waals surface area contributed by atoms with Crippen LogP contribution >= 0.6 is 11.3 Å². The first kappa shape index (κ1) is 22.1. The highest BCUT2D eigenvalue weighted by Crippen LogP contribution is 2.34. The lowest BCUT2D eigenvalue weighted by Crippen LogP contribution is -2.50. The number of phenols is 1. The Morgan fingerprint density at radius 2 is 2.15 bits per heavy atom. The lowest BCUT2D eigenvalue weighted by molar-refractivity contribution is 0.180. The van der Waals surface area contributed by atoms with Crippen LogP contribution in [0.25, 0.3) is 27.6 Å². The largest absolute Gasteiger partial charge is 0.508 e. The number of rotatable bonds is 5. The van der Waals surface area contributed by atoms with Gasteiger partial charge in [-0.3, -0.25) is 4.40 Å². The average molecular weight is 478 g/mol. The predicted molar refractivity (Wildman–Crippen MR) is 133 cm³/mol. The Labute approximate surface area is 201 Å². The maximum atomic E-state index is 12.4. The molecule has 5 rings (SSSR count). The number of imidazole rings is 1. The molecule has 176 valence electrons. The summed E-state index contributed by atoms with van der Waals surface area (Å²) in [5.41, 5.74) is 3.14. The summed E-state index contributed by atoms with van der Waals surface area (Å²) in [6.07, 6.45) is 5.56. The monoisotopic (exact) mass is 477 g/mol. The Balaban J connectivity index is 1.42. The van der Waals surface area contributed by atoms with Crippen molar-refractivity contribution in [2.24, 2.45) is 0 Å². The minimum Gasteiger partial charge on any atom is -0.508 e. The predicted octanol–water partition coefficient (Wildman–Crippen LogP) is 4.22. The van der Waals surface area contributed by atoms with Crippen LogP contribution in [0.2, 0.25) is 0 Å². The van der Waals surface area contributed by atoms with E-state index in [2.05, 4.69) is 15.6 Å². The molecule has 0 unspecified atom stereocenters. The zero-order chi connectivity index (χ0) is 23.7. The number of amides is 2. The third-order valence-electron chi connectivity index (χ3n) is 5.73. The average Bonchev–Trinajstić information content (AvgIpc) is 3.40. The highest BCUT2D eigenvalue weighted by molar-refractivity contribution is 7.15. The number of carbonyl (C=O) groups excluding carboxylic acids is 1. The number of thiazole rings is 1. The second-order valence-electron chi connectivity index (χ2n) is 8.71. The number of nitrogens with zero attached hydrogens (tertiary/aromatic N) is 5. The van der Waals surface area contributed by atoms with Gasteiger partial charge in [-0.2, -0.15) is 0 Å². The number of hydrogen-bond acceptors (Lipinski definition) is 7. The van der Waals surface area contributed by atoms with Crippen molar-refractivity contribution in [3.8, 4) is 28.4 Å². The molecule has 0 aliphatic carbocycles. The molecule has 4 heterocycles. The number of benzene rings is 1. The number of piperidine rings is 1. The lowest BCUT2D eigenvalue weighted by atomic mass is 10.1. The van der Waals surface area contributed by atoms with Crippen molar-refractivity contribution in [3.05, 3.63) is 48.1 Å². The minimum atomic E-state index is -0.0361. The molecule has 1 aliphatic rings. The molecule has 4 aromatic rings. The number of aromatic nitrogens is 4. The van der Waals surface area contributed by atoms with Gasteiger partial charge in [0.25, 0.3) is 0 Å². The molecule has 0 radical (unpaired) electrons. The van der Waals surface area contributed by atoms with E-state index in [0.29, 0.717) is 12.5 Å². The van der Waals surface area contributed by atoms with Gasteiger partial charge in [0.05, 0.1) is 11.4 Å². The van der Waals surface area contributed by atoms with E-state index >= 15 is 0 Å². The van der Waals surface area contributed by atoms with Crippen molar-refractivity contribution in [1.29, 1.82) is 0 Å².